The van der Waals surface area contributed by atoms with Gasteiger partial charge in [0.05, 0.1) is 24.9 Å². The van der Waals surface area contributed by atoms with E-state index in [1.165, 1.54) is 17.3 Å². The van der Waals surface area contributed by atoms with Crippen molar-refractivity contribution in [1.82, 2.24) is 19.7 Å². The van der Waals surface area contributed by atoms with E-state index in [1.807, 2.05) is 6.07 Å². The maximum Gasteiger partial charge on any atom is 0.246 e. The van der Waals surface area contributed by atoms with Crippen LogP contribution >= 0.6 is 0 Å². The van der Waals surface area contributed by atoms with Gasteiger partial charge in [-0.2, -0.15) is 4.98 Å². The normalized spacial score (nSPS) is 17.4. The van der Waals surface area contributed by atoms with Crippen molar-refractivity contribution in [3.8, 4) is 5.69 Å². The Morgan fingerprint density at radius 2 is 1.91 bits per heavy atom. The van der Waals surface area contributed by atoms with Crippen molar-refractivity contribution < 1.29 is 10.6 Å². The van der Waals surface area contributed by atoms with Crippen LogP contribution in [0.3, 0.4) is 0 Å². The summed E-state index contributed by atoms with van der Waals surface area (Å²) in [6, 6.07) is 12.2. The molecule has 1 N–H and O–H groups in total. The molecule has 2 aliphatic rings. The molecule has 3 aromatic rings. The third-order valence-corrected chi connectivity index (χ3v) is 6.37. The van der Waals surface area contributed by atoms with Crippen molar-refractivity contribution in [2.24, 2.45) is 0 Å². The van der Waals surface area contributed by atoms with E-state index in [0.717, 1.165) is 51.5 Å². The molecule has 8 heteroatoms. The van der Waals surface area contributed by atoms with Gasteiger partial charge in [0.15, 0.2) is 0 Å². The summed E-state index contributed by atoms with van der Waals surface area (Å²) in [5, 5.41) is 7.81. The summed E-state index contributed by atoms with van der Waals surface area (Å²) in [6.45, 7) is 9.79. The van der Waals surface area contributed by atoms with Crippen molar-refractivity contribution in [3.63, 3.8) is 0 Å². The second-order valence-electron chi connectivity index (χ2n) is 8.53. The third kappa shape index (κ3) is 4.33. The lowest BCUT2D eigenvalue weighted by Crippen LogP contribution is -2.56. The van der Waals surface area contributed by atoms with Crippen LogP contribution in [0.15, 0.2) is 42.7 Å². The van der Waals surface area contributed by atoms with Crippen LogP contribution in [0.25, 0.3) is 5.69 Å². The highest BCUT2D eigenvalue weighted by Crippen LogP contribution is 2.27. The van der Waals surface area contributed by atoms with Crippen molar-refractivity contribution in [2.75, 3.05) is 49.6 Å². The van der Waals surface area contributed by atoms with E-state index >= 15 is 0 Å². The number of nitrogens with zero attached hydrogens (tertiary/aromatic N) is 5. The highest BCUT2D eigenvalue weighted by molar-refractivity contribution is 5.64. The summed E-state index contributed by atoms with van der Waals surface area (Å²) >= 11 is 0. The quantitative estimate of drug-likeness (QED) is 0.632. The molecule has 5 rings (SSSR count). The van der Waals surface area contributed by atoms with Crippen molar-refractivity contribution in [2.45, 2.75) is 26.3 Å². The van der Waals surface area contributed by atoms with Crippen LogP contribution in [0.5, 0.6) is 0 Å². The Morgan fingerprint density at radius 1 is 1.09 bits per heavy atom. The fraction of sp³-hybridized carbons (Fsp3) is 0.417. The Kier molecular flexibility index (Phi) is 5.80. The predicted octanol–water partition coefficient (Wildman–Crippen LogP) is 3.79. The van der Waals surface area contributed by atoms with Crippen LogP contribution in [-0.4, -0.2) is 65.1 Å². The molecule has 0 atom stereocenters. The summed E-state index contributed by atoms with van der Waals surface area (Å²) in [5.41, 5.74) is 4.70. The fourth-order valence-electron chi connectivity index (χ4n) is 4.21. The monoisotopic (exact) mass is 438 g/mol. The van der Waals surface area contributed by atoms with Crippen LogP contribution in [0, 0.1) is 12.7 Å². The van der Waals surface area contributed by atoms with Gasteiger partial charge in [-0.3, -0.25) is 4.90 Å². The van der Waals surface area contributed by atoms with Crippen molar-refractivity contribution in [1.29, 1.82) is 0 Å². The average molecular weight is 439 g/mol. The van der Waals surface area contributed by atoms with Crippen molar-refractivity contribution >= 4 is 17.3 Å². The second-order valence-corrected chi connectivity index (χ2v) is 8.53. The molecule has 3 heterocycles. The average Bonchev–Trinajstić information content (AvgIpc) is 3.23. The van der Waals surface area contributed by atoms with E-state index in [9.17, 15) is 4.39 Å². The number of halogens is 1. The van der Waals surface area contributed by atoms with Gasteiger partial charge in [0.1, 0.15) is 12.1 Å². The Balaban J connectivity index is 0.00000259. The number of anilines is 3. The number of piperazine rings is 1. The predicted molar refractivity (Wildman–Crippen MR) is 126 cm³/mol. The van der Waals surface area contributed by atoms with E-state index in [0.29, 0.717) is 23.2 Å². The van der Waals surface area contributed by atoms with Gasteiger partial charge in [-0.15, -0.1) is 5.10 Å². The topological polar surface area (TPSA) is 58.5 Å². The lowest BCUT2D eigenvalue weighted by molar-refractivity contribution is -0.0660. The van der Waals surface area contributed by atoms with Gasteiger partial charge in [0.25, 0.3) is 0 Å². The maximum atomic E-state index is 13.9. The Hall–Kier alpha value is -2.97. The zero-order valence-corrected chi connectivity index (χ0v) is 18.6. The molecule has 2 fully saturated rings. The summed E-state index contributed by atoms with van der Waals surface area (Å²) in [5.74, 6) is 0.234. The first kappa shape index (κ1) is 20.9. The van der Waals surface area contributed by atoms with Crippen molar-refractivity contribution in [3.05, 3.63) is 59.7 Å². The zero-order chi connectivity index (χ0) is 22.1. The molecule has 0 saturated carbocycles. The molecule has 0 bridgehead atoms. The molecule has 0 spiro atoms. The molecule has 2 aliphatic heterocycles. The van der Waals surface area contributed by atoms with E-state index < -0.39 is 0 Å². The SMILES string of the molecule is CCc1cc(Nc2ncn(-c3ccc(C)c(F)c3)n2)cc(N2CCN(C3COC3)CC2)c1.[HH]. The lowest BCUT2D eigenvalue weighted by Gasteiger charge is -2.43. The molecule has 0 radical (unpaired) electrons. The summed E-state index contributed by atoms with van der Waals surface area (Å²) in [7, 11) is 0. The van der Waals surface area contributed by atoms with Crippen LogP contribution in [-0.2, 0) is 11.2 Å². The maximum absolute atomic E-state index is 13.9. The first-order valence-electron chi connectivity index (χ1n) is 11.2. The van der Waals surface area contributed by atoms with Crippen LogP contribution < -0.4 is 10.2 Å². The van der Waals surface area contributed by atoms with Gasteiger partial charge in [-0.25, -0.2) is 9.07 Å². The largest absolute Gasteiger partial charge is 0.378 e. The molecular weight excluding hydrogens is 407 g/mol. The minimum Gasteiger partial charge on any atom is -0.378 e. The van der Waals surface area contributed by atoms with E-state index in [-0.39, 0.29) is 7.24 Å². The Labute approximate surface area is 189 Å². The summed E-state index contributed by atoms with van der Waals surface area (Å²) in [4.78, 5) is 9.35. The van der Waals surface area contributed by atoms with E-state index in [4.69, 9.17) is 4.74 Å². The van der Waals surface area contributed by atoms with Crippen LogP contribution in [0.2, 0.25) is 0 Å². The molecule has 2 aromatic carbocycles. The molecule has 2 saturated heterocycles. The van der Waals surface area contributed by atoms with Gasteiger partial charge in [0, 0.05) is 39.0 Å². The number of nitrogens with one attached hydrogen (secondary N) is 1. The lowest BCUT2D eigenvalue weighted by atomic mass is 10.1. The fourth-order valence-corrected chi connectivity index (χ4v) is 4.21. The number of hydrogen-bond acceptors (Lipinski definition) is 6. The van der Waals surface area contributed by atoms with E-state index in [2.05, 4.69) is 50.3 Å². The van der Waals surface area contributed by atoms with Crippen LogP contribution in [0.4, 0.5) is 21.7 Å². The molecule has 0 aliphatic carbocycles. The summed E-state index contributed by atoms with van der Waals surface area (Å²) in [6.07, 6.45) is 2.55. The molecule has 0 amide bonds. The standard InChI is InChI=1S/C24H29FN6O.H2/c1-3-18-10-19(12-21(11-18)29-6-8-30(9-7-29)22-14-32-15-22)27-24-26-16-31(28-24)20-5-4-17(2)23(25)13-20;/h4-5,10-13,16,22H,3,6-9,14-15H2,1-2H3,(H,27,28);1H. The number of benzene rings is 2. The van der Waals surface area contributed by atoms with Gasteiger partial charge in [-0.05, 0) is 54.8 Å². The molecule has 7 nitrogen and oxygen atoms in total. The minimum absolute atomic E-state index is 0. The third-order valence-electron chi connectivity index (χ3n) is 6.37. The number of aryl methyl sites for hydroxylation is 2. The first-order valence-corrected chi connectivity index (χ1v) is 11.2. The number of ether oxygens (including phenoxy) is 1. The van der Waals surface area contributed by atoms with Gasteiger partial charge >= 0.3 is 0 Å². The molecule has 1 aromatic heterocycles. The Bertz CT molecular complexity index is 1090. The molecule has 170 valence electrons. The highest BCUT2D eigenvalue weighted by atomic mass is 19.1. The first-order chi connectivity index (χ1) is 15.6. The van der Waals surface area contributed by atoms with E-state index in [1.54, 1.807) is 24.0 Å². The minimum atomic E-state index is -0.252. The zero-order valence-electron chi connectivity index (χ0n) is 18.6. The number of hydrogen-bond donors (Lipinski definition) is 1. The molecular formula is C24H31FN6O. The second kappa shape index (κ2) is 8.88. The van der Waals surface area contributed by atoms with Gasteiger partial charge in [-0.1, -0.05) is 13.0 Å². The molecule has 0 unspecified atom stereocenters. The Morgan fingerprint density at radius 3 is 2.59 bits per heavy atom. The highest BCUT2D eigenvalue weighted by Gasteiger charge is 2.29. The summed E-state index contributed by atoms with van der Waals surface area (Å²) < 4.78 is 20.9. The number of rotatable bonds is 6. The smallest absolute Gasteiger partial charge is 0.246 e. The van der Waals surface area contributed by atoms with Gasteiger partial charge in [0.2, 0.25) is 5.95 Å². The van der Waals surface area contributed by atoms with Crippen LogP contribution in [0.1, 0.15) is 19.5 Å². The molecule has 32 heavy (non-hydrogen) atoms. The number of aromatic nitrogens is 3. The van der Waals surface area contributed by atoms with Gasteiger partial charge < -0.3 is 15.0 Å².